The maximum absolute atomic E-state index is 15.1. The van der Waals surface area contributed by atoms with Crippen LogP contribution < -0.4 is 5.73 Å². The number of rotatable bonds is 3. The molecule has 2 aromatic rings. The number of nitrogens with two attached hydrogens (primary N) is 1. The van der Waals surface area contributed by atoms with Gasteiger partial charge in [0, 0.05) is 12.6 Å². The highest BCUT2D eigenvalue weighted by Gasteiger charge is 2.53. The molecule has 2 N–H and O–H groups in total. The molecular formula is C26H32FN3O. The molecule has 5 heteroatoms. The van der Waals surface area contributed by atoms with Gasteiger partial charge in [-0.2, -0.15) is 0 Å². The number of aliphatic imine (C=N–C) groups is 1. The van der Waals surface area contributed by atoms with Crippen molar-refractivity contribution in [2.45, 2.75) is 64.3 Å². The van der Waals surface area contributed by atoms with Gasteiger partial charge in [-0.25, -0.2) is 9.38 Å². The molecule has 0 saturated heterocycles. The summed E-state index contributed by atoms with van der Waals surface area (Å²) in [6.07, 6.45) is 1.87. The van der Waals surface area contributed by atoms with Crippen molar-refractivity contribution >= 4 is 11.9 Å². The van der Waals surface area contributed by atoms with Gasteiger partial charge in [0.15, 0.2) is 5.96 Å². The molecule has 0 saturated carbocycles. The number of halogens is 1. The van der Waals surface area contributed by atoms with Crippen LogP contribution >= 0.6 is 0 Å². The lowest BCUT2D eigenvalue weighted by molar-refractivity contribution is -0.140. The Morgan fingerprint density at radius 2 is 1.77 bits per heavy atom. The predicted octanol–water partition coefficient (Wildman–Crippen LogP) is 4.86. The molecule has 1 aliphatic carbocycles. The van der Waals surface area contributed by atoms with Crippen LogP contribution in [0, 0.1) is 11.2 Å². The van der Waals surface area contributed by atoms with Crippen LogP contribution in [0.1, 0.15) is 69.2 Å². The molecular weight excluding hydrogens is 389 g/mol. The topological polar surface area (TPSA) is 58.7 Å². The van der Waals surface area contributed by atoms with Crippen molar-refractivity contribution < 1.29 is 9.18 Å². The van der Waals surface area contributed by atoms with Crippen molar-refractivity contribution in [3.05, 3.63) is 70.5 Å². The van der Waals surface area contributed by atoms with E-state index in [1.807, 2.05) is 26.0 Å². The van der Waals surface area contributed by atoms with Crippen molar-refractivity contribution in [2.24, 2.45) is 16.1 Å². The Kier molecular flexibility index (Phi) is 4.80. The summed E-state index contributed by atoms with van der Waals surface area (Å²) in [5.74, 6) is -0.0414. The van der Waals surface area contributed by atoms with Gasteiger partial charge in [-0.15, -0.1) is 0 Å². The highest BCUT2D eigenvalue weighted by atomic mass is 19.1. The molecule has 4 nitrogen and oxygen atoms in total. The summed E-state index contributed by atoms with van der Waals surface area (Å²) in [6, 6.07) is 13.9. The first-order valence-corrected chi connectivity index (χ1v) is 10.9. The van der Waals surface area contributed by atoms with Crippen LogP contribution in [0.3, 0.4) is 0 Å². The fraction of sp³-hybridized carbons (Fsp3) is 0.462. The van der Waals surface area contributed by atoms with E-state index in [4.69, 9.17) is 5.73 Å². The van der Waals surface area contributed by atoms with Gasteiger partial charge in [0.2, 0.25) is 5.91 Å². The van der Waals surface area contributed by atoms with Crippen molar-refractivity contribution in [2.75, 3.05) is 7.05 Å². The number of fused-ring (bicyclic) bond motifs is 1. The monoisotopic (exact) mass is 421 g/mol. The fourth-order valence-corrected chi connectivity index (χ4v) is 5.42. The van der Waals surface area contributed by atoms with Crippen molar-refractivity contribution in [1.29, 1.82) is 0 Å². The second kappa shape index (κ2) is 6.91. The molecule has 1 aliphatic heterocycles. The number of hydrogen-bond acceptors (Lipinski definition) is 3. The minimum atomic E-state index is -1.09. The first-order chi connectivity index (χ1) is 14.4. The van der Waals surface area contributed by atoms with Crippen LogP contribution in [0.4, 0.5) is 4.39 Å². The molecule has 2 aliphatic rings. The van der Waals surface area contributed by atoms with E-state index in [1.165, 1.54) is 22.1 Å². The second-order valence-electron chi connectivity index (χ2n) is 10.4. The number of guanidine groups is 1. The third-order valence-electron chi connectivity index (χ3n) is 7.66. The molecule has 2 atom stereocenters. The Labute approximate surface area is 184 Å². The molecule has 0 aromatic heterocycles. The normalized spacial score (nSPS) is 26.5. The SMILES string of the molecule is CN1C(=O)C(C)(C)[C@@](C)(c2cc(CC3CC(C)(C)c4ccccc43)ccc2F)N=C1N. The molecule has 0 spiro atoms. The summed E-state index contributed by atoms with van der Waals surface area (Å²) in [5, 5.41) is 0. The smallest absolute Gasteiger partial charge is 0.237 e. The summed E-state index contributed by atoms with van der Waals surface area (Å²) in [4.78, 5) is 18.9. The third kappa shape index (κ3) is 3.17. The van der Waals surface area contributed by atoms with E-state index < -0.39 is 11.0 Å². The first-order valence-electron chi connectivity index (χ1n) is 10.9. The molecule has 1 heterocycles. The summed E-state index contributed by atoms with van der Waals surface area (Å²) in [5.41, 5.74) is 8.37. The second-order valence-corrected chi connectivity index (χ2v) is 10.4. The lowest BCUT2D eigenvalue weighted by Crippen LogP contribution is -2.58. The number of carbonyl (C=O) groups excluding carboxylic acids is 1. The van der Waals surface area contributed by atoms with Crippen LogP contribution in [-0.4, -0.2) is 23.8 Å². The average Bonchev–Trinajstić information content (AvgIpc) is 2.97. The predicted molar refractivity (Wildman–Crippen MR) is 122 cm³/mol. The van der Waals surface area contributed by atoms with Gasteiger partial charge in [-0.3, -0.25) is 9.69 Å². The van der Waals surface area contributed by atoms with Gasteiger partial charge in [0.05, 0.1) is 5.41 Å². The van der Waals surface area contributed by atoms with Gasteiger partial charge >= 0.3 is 0 Å². The third-order valence-corrected chi connectivity index (χ3v) is 7.66. The molecule has 1 amide bonds. The van der Waals surface area contributed by atoms with E-state index in [2.05, 4.69) is 43.1 Å². The molecule has 1 unspecified atom stereocenters. The summed E-state index contributed by atoms with van der Waals surface area (Å²) >= 11 is 0. The minimum absolute atomic E-state index is 0.114. The van der Waals surface area contributed by atoms with E-state index in [0.717, 1.165) is 18.4 Å². The summed E-state index contributed by atoms with van der Waals surface area (Å²) in [7, 11) is 1.61. The van der Waals surface area contributed by atoms with Gasteiger partial charge in [-0.1, -0.05) is 50.2 Å². The van der Waals surface area contributed by atoms with Crippen LogP contribution in [0.25, 0.3) is 0 Å². The molecule has 164 valence electrons. The van der Waals surface area contributed by atoms with Gasteiger partial charge in [0.1, 0.15) is 11.4 Å². The molecule has 0 bridgehead atoms. The number of hydrogen-bond donors (Lipinski definition) is 1. The van der Waals surface area contributed by atoms with Crippen molar-refractivity contribution in [3.63, 3.8) is 0 Å². The van der Waals surface area contributed by atoms with Crippen LogP contribution in [-0.2, 0) is 22.2 Å². The van der Waals surface area contributed by atoms with Gasteiger partial charge < -0.3 is 5.73 Å². The highest BCUT2D eigenvalue weighted by Crippen LogP contribution is 2.49. The standard InChI is InChI=1S/C26H32FN3O/c1-24(2)15-17(18-9-7-8-10-19(18)24)13-16-11-12-21(27)20(14-16)26(5)25(3,4)22(31)30(6)23(28)29-26/h7-12,14,17H,13,15H2,1-6H3,(H2,28,29)/t17?,26-/m1/s1. The number of amides is 1. The minimum Gasteiger partial charge on any atom is -0.369 e. The largest absolute Gasteiger partial charge is 0.369 e. The van der Waals surface area contributed by atoms with E-state index >= 15 is 4.39 Å². The van der Waals surface area contributed by atoms with Crippen LogP contribution in [0.2, 0.25) is 0 Å². The molecule has 0 fully saturated rings. The molecule has 0 radical (unpaired) electrons. The fourth-order valence-electron chi connectivity index (χ4n) is 5.42. The van der Waals surface area contributed by atoms with E-state index in [9.17, 15) is 4.79 Å². The van der Waals surface area contributed by atoms with Gasteiger partial charge in [0.25, 0.3) is 0 Å². The van der Waals surface area contributed by atoms with E-state index in [-0.39, 0.29) is 23.1 Å². The Hall–Kier alpha value is -2.69. The highest BCUT2D eigenvalue weighted by molar-refractivity contribution is 6.01. The lowest BCUT2D eigenvalue weighted by Gasteiger charge is -2.46. The summed E-state index contributed by atoms with van der Waals surface area (Å²) < 4.78 is 15.1. The maximum Gasteiger partial charge on any atom is 0.237 e. The Bertz CT molecular complexity index is 1090. The first kappa shape index (κ1) is 21.5. The summed E-state index contributed by atoms with van der Waals surface area (Å²) in [6.45, 7) is 9.99. The van der Waals surface area contributed by atoms with E-state index in [0.29, 0.717) is 11.5 Å². The lowest BCUT2D eigenvalue weighted by atomic mass is 9.67. The zero-order valence-electron chi connectivity index (χ0n) is 19.3. The van der Waals surface area contributed by atoms with Crippen molar-refractivity contribution in [1.82, 2.24) is 4.90 Å². The van der Waals surface area contributed by atoms with E-state index in [1.54, 1.807) is 14.0 Å². The average molecular weight is 422 g/mol. The van der Waals surface area contributed by atoms with Gasteiger partial charge in [-0.05, 0) is 67.7 Å². The quantitative estimate of drug-likeness (QED) is 0.769. The van der Waals surface area contributed by atoms with Crippen LogP contribution in [0.5, 0.6) is 0 Å². The molecule has 31 heavy (non-hydrogen) atoms. The number of benzene rings is 2. The Balaban J connectivity index is 1.75. The Morgan fingerprint density at radius 1 is 1.10 bits per heavy atom. The van der Waals surface area contributed by atoms with Crippen molar-refractivity contribution in [3.8, 4) is 0 Å². The molecule has 4 rings (SSSR count). The number of carbonyl (C=O) groups is 1. The Morgan fingerprint density at radius 3 is 2.48 bits per heavy atom. The number of nitrogens with zero attached hydrogens (tertiary/aromatic N) is 2. The van der Waals surface area contributed by atoms with Crippen LogP contribution in [0.15, 0.2) is 47.5 Å². The maximum atomic E-state index is 15.1. The zero-order chi connectivity index (χ0) is 22.8. The molecule has 2 aromatic carbocycles. The zero-order valence-corrected chi connectivity index (χ0v) is 19.3.